The molecule has 10 nitrogen and oxygen atoms in total. The average Bonchev–Trinajstić information content (AvgIpc) is 2.88. The van der Waals surface area contributed by atoms with Gasteiger partial charge in [0.1, 0.15) is 5.69 Å². The topological polar surface area (TPSA) is 130 Å². The van der Waals surface area contributed by atoms with Crippen LogP contribution < -0.4 is 0 Å². The molecule has 0 bridgehead atoms. The SMILES string of the molecule is CCOC(=O)c1cc(C)n(-c2ccc([N+](=O)[O-])cc2[N+](=O)[O-])n1. The van der Waals surface area contributed by atoms with Crippen LogP contribution in [0.2, 0.25) is 0 Å². The van der Waals surface area contributed by atoms with Crippen LogP contribution in [-0.2, 0) is 4.74 Å². The summed E-state index contributed by atoms with van der Waals surface area (Å²) in [6.07, 6.45) is 0. The van der Waals surface area contributed by atoms with Gasteiger partial charge in [-0.25, -0.2) is 9.48 Å². The molecule has 0 aliphatic heterocycles. The predicted molar refractivity (Wildman–Crippen MR) is 77.6 cm³/mol. The molecule has 23 heavy (non-hydrogen) atoms. The van der Waals surface area contributed by atoms with Crippen molar-refractivity contribution in [3.05, 3.63) is 55.9 Å². The Morgan fingerprint density at radius 1 is 1.26 bits per heavy atom. The van der Waals surface area contributed by atoms with Crippen molar-refractivity contribution in [2.24, 2.45) is 0 Å². The fourth-order valence-corrected chi connectivity index (χ4v) is 1.97. The summed E-state index contributed by atoms with van der Waals surface area (Å²) in [7, 11) is 0. The highest BCUT2D eigenvalue weighted by atomic mass is 16.6. The highest BCUT2D eigenvalue weighted by Crippen LogP contribution is 2.28. The first kappa shape index (κ1) is 16.1. The second-order valence-corrected chi connectivity index (χ2v) is 4.49. The number of rotatable bonds is 5. The fraction of sp³-hybridized carbons (Fsp3) is 0.231. The normalized spacial score (nSPS) is 10.3. The van der Waals surface area contributed by atoms with Gasteiger partial charge in [-0.2, -0.15) is 5.10 Å². The van der Waals surface area contributed by atoms with Crippen molar-refractivity contribution in [2.45, 2.75) is 13.8 Å². The summed E-state index contributed by atoms with van der Waals surface area (Å²) in [5.41, 5.74) is -0.424. The number of esters is 1. The molecule has 0 saturated heterocycles. The van der Waals surface area contributed by atoms with E-state index < -0.39 is 27.2 Å². The minimum absolute atomic E-state index is 0.00278. The Hall–Kier alpha value is -3.30. The number of aryl methyl sites for hydroxylation is 1. The first-order chi connectivity index (χ1) is 10.8. The standard InChI is InChI=1S/C13H12N4O6/c1-3-23-13(18)10-6-8(2)15(14-10)11-5-4-9(16(19)20)7-12(11)17(21)22/h4-7H,3H2,1-2H3. The molecule has 0 unspecified atom stereocenters. The predicted octanol–water partition coefficient (Wildman–Crippen LogP) is 2.17. The molecule has 0 aliphatic rings. The van der Waals surface area contributed by atoms with Gasteiger partial charge >= 0.3 is 11.7 Å². The first-order valence-corrected chi connectivity index (χ1v) is 6.52. The molecule has 0 spiro atoms. The van der Waals surface area contributed by atoms with Crippen molar-refractivity contribution < 1.29 is 19.4 Å². The molecule has 0 amide bonds. The second-order valence-electron chi connectivity index (χ2n) is 4.49. The molecule has 0 aliphatic carbocycles. The fourth-order valence-electron chi connectivity index (χ4n) is 1.97. The number of hydrogen-bond donors (Lipinski definition) is 0. The smallest absolute Gasteiger partial charge is 0.358 e. The highest BCUT2D eigenvalue weighted by molar-refractivity contribution is 5.87. The van der Waals surface area contributed by atoms with Crippen molar-refractivity contribution in [3.8, 4) is 5.69 Å². The molecular weight excluding hydrogens is 308 g/mol. The molecule has 1 aromatic carbocycles. The molecule has 0 radical (unpaired) electrons. The van der Waals surface area contributed by atoms with Gasteiger partial charge < -0.3 is 4.74 Å². The highest BCUT2D eigenvalue weighted by Gasteiger charge is 2.23. The molecule has 1 aromatic heterocycles. The van der Waals surface area contributed by atoms with Gasteiger partial charge in [0.15, 0.2) is 5.69 Å². The van der Waals surface area contributed by atoms with Crippen LogP contribution in [0, 0.1) is 27.2 Å². The van der Waals surface area contributed by atoms with E-state index >= 15 is 0 Å². The maximum Gasteiger partial charge on any atom is 0.358 e. The Bertz CT molecular complexity index is 798. The van der Waals surface area contributed by atoms with E-state index in [1.165, 1.54) is 16.8 Å². The van der Waals surface area contributed by atoms with Gasteiger partial charge in [-0.15, -0.1) is 0 Å². The molecule has 1 heterocycles. The number of nitro groups is 2. The van der Waals surface area contributed by atoms with E-state index in [0.717, 1.165) is 12.1 Å². The monoisotopic (exact) mass is 320 g/mol. The van der Waals surface area contributed by atoms with Crippen molar-refractivity contribution in [1.29, 1.82) is 0 Å². The minimum atomic E-state index is -0.743. The lowest BCUT2D eigenvalue weighted by molar-refractivity contribution is -0.394. The summed E-state index contributed by atoms with van der Waals surface area (Å²) >= 11 is 0. The quantitative estimate of drug-likeness (QED) is 0.468. The van der Waals surface area contributed by atoms with Gasteiger partial charge in [0.2, 0.25) is 0 Å². The van der Waals surface area contributed by atoms with Crippen molar-refractivity contribution in [2.75, 3.05) is 6.61 Å². The molecule has 0 atom stereocenters. The molecule has 10 heteroatoms. The van der Waals surface area contributed by atoms with E-state index in [1.807, 2.05) is 0 Å². The third-order valence-corrected chi connectivity index (χ3v) is 2.97. The third-order valence-electron chi connectivity index (χ3n) is 2.97. The zero-order valence-electron chi connectivity index (χ0n) is 12.3. The van der Waals surface area contributed by atoms with Gasteiger partial charge in [0, 0.05) is 11.8 Å². The third kappa shape index (κ3) is 3.15. The zero-order chi connectivity index (χ0) is 17.1. The largest absolute Gasteiger partial charge is 0.461 e. The molecule has 2 aromatic rings. The Balaban J connectivity index is 2.56. The number of nitrogens with zero attached hydrogens (tertiary/aromatic N) is 4. The lowest BCUT2D eigenvalue weighted by atomic mass is 10.2. The average molecular weight is 320 g/mol. The van der Waals surface area contributed by atoms with Crippen LogP contribution >= 0.6 is 0 Å². The maximum absolute atomic E-state index is 11.7. The van der Waals surface area contributed by atoms with Crippen LogP contribution in [0.3, 0.4) is 0 Å². The molecule has 0 saturated carbocycles. The Morgan fingerprint density at radius 3 is 2.52 bits per heavy atom. The van der Waals surface area contributed by atoms with Gasteiger partial charge in [-0.3, -0.25) is 20.2 Å². The number of aromatic nitrogens is 2. The summed E-state index contributed by atoms with van der Waals surface area (Å²) in [6.45, 7) is 3.41. The first-order valence-electron chi connectivity index (χ1n) is 6.52. The molecular formula is C13H12N4O6. The van der Waals surface area contributed by atoms with E-state index in [1.54, 1.807) is 13.8 Å². The van der Waals surface area contributed by atoms with E-state index in [2.05, 4.69) is 5.10 Å². The summed E-state index contributed by atoms with van der Waals surface area (Å²) in [4.78, 5) is 32.1. The lowest BCUT2D eigenvalue weighted by Crippen LogP contribution is -2.08. The summed E-state index contributed by atoms with van der Waals surface area (Å²) in [6, 6.07) is 4.61. The lowest BCUT2D eigenvalue weighted by Gasteiger charge is -2.05. The maximum atomic E-state index is 11.7. The van der Waals surface area contributed by atoms with Crippen LogP contribution in [0.4, 0.5) is 11.4 Å². The van der Waals surface area contributed by atoms with Crippen molar-refractivity contribution >= 4 is 17.3 Å². The molecule has 0 N–H and O–H groups in total. The van der Waals surface area contributed by atoms with Crippen molar-refractivity contribution in [3.63, 3.8) is 0 Å². The number of non-ortho nitro benzene ring substituents is 1. The Kier molecular flexibility index (Phi) is 4.35. The Morgan fingerprint density at radius 2 is 1.96 bits per heavy atom. The number of carbonyl (C=O) groups is 1. The molecule has 120 valence electrons. The van der Waals surface area contributed by atoms with Gasteiger partial charge in [-0.05, 0) is 26.0 Å². The van der Waals surface area contributed by atoms with Crippen LogP contribution in [0.15, 0.2) is 24.3 Å². The van der Waals surface area contributed by atoms with E-state index in [4.69, 9.17) is 4.74 Å². The number of ether oxygens (including phenoxy) is 1. The number of benzene rings is 1. The summed E-state index contributed by atoms with van der Waals surface area (Å²) in [5, 5.41) is 25.9. The van der Waals surface area contributed by atoms with Gasteiger partial charge in [-0.1, -0.05) is 0 Å². The number of carbonyl (C=O) groups excluding carboxylic acids is 1. The van der Waals surface area contributed by atoms with E-state index in [0.29, 0.717) is 5.69 Å². The van der Waals surface area contributed by atoms with Crippen LogP contribution in [0.1, 0.15) is 23.1 Å². The van der Waals surface area contributed by atoms with E-state index in [-0.39, 0.29) is 18.0 Å². The van der Waals surface area contributed by atoms with Gasteiger partial charge in [0.05, 0.1) is 22.5 Å². The molecule has 2 rings (SSSR count). The number of hydrogen-bond acceptors (Lipinski definition) is 7. The minimum Gasteiger partial charge on any atom is -0.461 e. The van der Waals surface area contributed by atoms with E-state index in [9.17, 15) is 25.0 Å². The van der Waals surface area contributed by atoms with Crippen LogP contribution in [0.5, 0.6) is 0 Å². The second kappa shape index (κ2) is 6.22. The summed E-state index contributed by atoms with van der Waals surface area (Å²) in [5.74, 6) is -0.654. The van der Waals surface area contributed by atoms with Crippen LogP contribution in [0.25, 0.3) is 5.69 Å². The number of nitro benzene ring substituents is 2. The van der Waals surface area contributed by atoms with Crippen LogP contribution in [-0.4, -0.2) is 32.2 Å². The summed E-state index contributed by atoms with van der Waals surface area (Å²) < 4.78 is 6.00. The molecule has 0 fully saturated rings. The van der Waals surface area contributed by atoms with Gasteiger partial charge in [0.25, 0.3) is 5.69 Å². The Labute approximate surface area is 129 Å². The van der Waals surface area contributed by atoms with Crippen molar-refractivity contribution in [1.82, 2.24) is 9.78 Å². The zero-order valence-corrected chi connectivity index (χ0v) is 12.3.